The summed E-state index contributed by atoms with van der Waals surface area (Å²) in [6.45, 7) is 12.3. The van der Waals surface area contributed by atoms with Crippen LogP contribution in [0.4, 0.5) is 0 Å². The molecule has 4 N–H and O–H groups in total. The Hall–Kier alpha value is -2.95. The van der Waals surface area contributed by atoms with Crippen LogP contribution in [0.5, 0.6) is 0 Å². The Bertz CT molecular complexity index is 765. The van der Waals surface area contributed by atoms with E-state index < -0.39 is 29.9 Å². The lowest BCUT2D eigenvalue weighted by atomic mass is 10.0. The summed E-state index contributed by atoms with van der Waals surface area (Å²) in [6.07, 6.45) is 4.08. The Morgan fingerprint density at radius 3 is 2.65 bits per heavy atom. The van der Waals surface area contributed by atoms with Crippen molar-refractivity contribution in [2.24, 2.45) is 15.9 Å². The van der Waals surface area contributed by atoms with Crippen LogP contribution in [0.15, 0.2) is 34.0 Å². The van der Waals surface area contributed by atoms with Gasteiger partial charge in [0.1, 0.15) is 17.8 Å². The fraction of sp³-hybridized carbons (Fsp3) is 0.500. The second kappa shape index (κ2) is 13.4. The monoisotopic (exact) mass is 450 g/mol. The molecule has 10 nitrogen and oxygen atoms in total. The molecule has 170 valence electrons. The zero-order valence-corrected chi connectivity index (χ0v) is 18.8. The Morgan fingerprint density at radius 2 is 2.03 bits per heavy atom. The molecular weight excluding hydrogens is 420 g/mol. The normalized spacial score (nSPS) is 22.6. The summed E-state index contributed by atoms with van der Waals surface area (Å²) < 4.78 is 0. The van der Waals surface area contributed by atoms with Crippen molar-refractivity contribution >= 4 is 48.8 Å². The van der Waals surface area contributed by atoms with Gasteiger partial charge in [0.15, 0.2) is 0 Å². The molecule has 0 saturated heterocycles. The van der Waals surface area contributed by atoms with E-state index in [1.54, 1.807) is 26.8 Å². The average molecular weight is 451 g/mol. The summed E-state index contributed by atoms with van der Waals surface area (Å²) >= 11 is 1.42. The van der Waals surface area contributed by atoms with Gasteiger partial charge in [-0.25, -0.2) is 0 Å². The Balaban J connectivity index is 2.94. The molecule has 4 amide bonds. The standard InChI is InChI=1S/C20H30N6O4S/c1-12(2)17(26-18(28)14(22-5)10-21-4)20(30)25-15-11-31-9-8-23-16(27)7-6-13(3)24-19(15)29/h6-7,10,12-13,15,17H,4-5,8-9,11H2,1-3H3,(H,23,27)(H,24,29)(H,25,30)(H,26,28)/b7-6+,14-10-/t13-,15-,17?/m0/s1. The number of amides is 4. The lowest BCUT2D eigenvalue weighted by Crippen LogP contribution is -2.57. The van der Waals surface area contributed by atoms with Crippen molar-refractivity contribution in [3.63, 3.8) is 0 Å². The van der Waals surface area contributed by atoms with Gasteiger partial charge in [-0.2, -0.15) is 11.8 Å². The second-order valence-corrected chi connectivity index (χ2v) is 8.28. The Kier molecular flexibility index (Phi) is 11.3. The highest BCUT2D eigenvalue weighted by atomic mass is 32.2. The van der Waals surface area contributed by atoms with Crippen LogP contribution in [0.3, 0.4) is 0 Å². The van der Waals surface area contributed by atoms with Crippen LogP contribution < -0.4 is 21.3 Å². The van der Waals surface area contributed by atoms with E-state index >= 15 is 0 Å². The van der Waals surface area contributed by atoms with Crippen LogP contribution in [0.1, 0.15) is 20.8 Å². The van der Waals surface area contributed by atoms with E-state index in [-0.39, 0.29) is 23.4 Å². The van der Waals surface area contributed by atoms with Gasteiger partial charge < -0.3 is 21.3 Å². The van der Waals surface area contributed by atoms with Crippen molar-refractivity contribution in [1.29, 1.82) is 0 Å². The van der Waals surface area contributed by atoms with E-state index in [0.29, 0.717) is 18.1 Å². The molecule has 1 heterocycles. The molecule has 0 aromatic rings. The molecule has 0 radical (unpaired) electrons. The highest BCUT2D eigenvalue weighted by Gasteiger charge is 2.29. The lowest BCUT2D eigenvalue weighted by molar-refractivity contribution is -0.132. The van der Waals surface area contributed by atoms with E-state index in [1.165, 1.54) is 17.8 Å². The summed E-state index contributed by atoms with van der Waals surface area (Å²) in [6, 6.07) is -2.12. The summed E-state index contributed by atoms with van der Waals surface area (Å²) in [4.78, 5) is 56.7. The molecule has 1 rings (SSSR count). The highest BCUT2D eigenvalue weighted by Crippen LogP contribution is 2.08. The van der Waals surface area contributed by atoms with Crippen molar-refractivity contribution in [1.82, 2.24) is 21.3 Å². The van der Waals surface area contributed by atoms with Crippen LogP contribution in [0.2, 0.25) is 0 Å². The molecule has 0 bridgehead atoms. The number of hydrogen-bond acceptors (Lipinski definition) is 7. The van der Waals surface area contributed by atoms with Gasteiger partial charge in [0.2, 0.25) is 17.7 Å². The minimum absolute atomic E-state index is 0.0737. The van der Waals surface area contributed by atoms with Crippen molar-refractivity contribution in [3.8, 4) is 0 Å². The molecule has 0 aromatic carbocycles. The number of carbonyl (C=O) groups is 4. The molecule has 11 heteroatoms. The first-order valence-electron chi connectivity index (χ1n) is 9.77. The number of nitrogens with zero attached hydrogens (tertiary/aromatic N) is 2. The fourth-order valence-electron chi connectivity index (χ4n) is 2.56. The zero-order valence-electron chi connectivity index (χ0n) is 18.0. The summed E-state index contributed by atoms with van der Waals surface area (Å²) in [5.41, 5.74) is -0.0737. The number of hydrogen-bond donors (Lipinski definition) is 4. The first kappa shape index (κ1) is 26.1. The van der Waals surface area contributed by atoms with Crippen LogP contribution in [-0.4, -0.2) is 73.2 Å². The van der Waals surface area contributed by atoms with E-state index in [4.69, 9.17) is 0 Å². The zero-order chi connectivity index (χ0) is 23.4. The van der Waals surface area contributed by atoms with Crippen molar-refractivity contribution in [2.45, 2.75) is 38.9 Å². The number of rotatable bonds is 7. The topological polar surface area (TPSA) is 141 Å². The first-order chi connectivity index (χ1) is 14.7. The SMILES string of the molecule is C=N/C=C(\N=C)C(=O)NC(C(=O)N[C@H]1CSCCNC(=O)/C=C/[C@H](C)NC1=O)C(C)C. The lowest BCUT2D eigenvalue weighted by Gasteiger charge is -2.26. The molecule has 0 aliphatic carbocycles. The van der Waals surface area contributed by atoms with E-state index in [2.05, 4.69) is 44.7 Å². The molecule has 1 unspecified atom stereocenters. The molecule has 0 fully saturated rings. The largest absolute Gasteiger partial charge is 0.352 e. The first-order valence-corrected chi connectivity index (χ1v) is 10.9. The fourth-order valence-corrected chi connectivity index (χ4v) is 3.45. The maximum Gasteiger partial charge on any atom is 0.272 e. The van der Waals surface area contributed by atoms with Crippen molar-refractivity contribution in [2.75, 3.05) is 18.1 Å². The van der Waals surface area contributed by atoms with Gasteiger partial charge in [-0.3, -0.25) is 29.2 Å². The number of carbonyl (C=O) groups excluding carboxylic acids is 4. The quantitative estimate of drug-likeness (QED) is 0.313. The van der Waals surface area contributed by atoms with Crippen molar-refractivity contribution in [3.05, 3.63) is 24.0 Å². The number of thioether (sulfide) groups is 1. The second-order valence-electron chi connectivity index (χ2n) is 7.13. The van der Waals surface area contributed by atoms with Crippen LogP contribution in [0, 0.1) is 5.92 Å². The average Bonchev–Trinajstić information content (AvgIpc) is 2.71. The molecule has 0 saturated carbocycles. The summed E-state index contributed by atoms with van der Waals surface area (Å²) in [7, 11) is 0. The third kappa shape index (κ3) is 9.16. The Morgan fingerprint density at radius 1 is 1.32 bits per heavy atom. The minimum atomic E-state index is -0.904. The smallest absolute Gasteiger partial charge is 0.272 e. The summed E-state index contributed by atoms with van der Waals surface area (Å²) in [5, 5.41) is 10.8. The van der Waals surface area contributed by atoms with E-state index in [0.717, 1.165) is 6.20 Å². The van der Waals surface area contributed by atoms with Crippen LogP contribution in [0.25, 0.3) is 0 Å². The predicted octanol–water partition coefficient (Wildman–Crippen LogP) is -0.221. The van der Waals surface area contributed by atoms with Crippen LogP contribution >= 0.6 is 11.8 Å². The van der Waals surface area contributed by atoms with Gasteiger partial charge >= 0.3 is 0 Å². The molecule has 3 atom stereocenters. The molecule has 0 aromatic heterocycles. The highest BCUT2D eigenvalue weighted by molar-refractivity contribution is 7.99. The minimum Gasteiger partial charge on any atom is -0.352 e. The van der Waals surface area contributed by atoms with E-state index in [9.17, 15) is 19.2 Å². The molecule has 1 aliphatic rings. The molecule has 31 heavy (non-hydrogen) atoms. The van der Waals surface area contributed by atoms with Crippen molar-refractivity contribution < 1.29 is 19.2 Å². The third-order valence-electron chi connectivity index (χ3n) is 4.22. The third-order valence-corrected chi connectivity index (χ3v) is 5.28. The number of aliphatic imine (C=N–C) groups is 2. The summed E-state index contributed by atoms with van der Waals surface area (Å²) in [5.74, 6) is -1.10. The van der Waals surface area contributed by atoms with Gasteiger partial charge in [0.05, 0.1) is 6.20 Å². The maximum atomic E-state index is 12.9. The van der Waals surface area contributed by atoms with E-state index in [1.807, 2.05) is 0 Å². The van der Waals surface area contributed by atoms with Gasteiger partial charge in [0.25, 0.3) is 5.91 Å². The van der Waals surface area contributed by atoms with Gasteiger partial charge in [-0.05, 0) is 26.3 Å². The van der Waals surface area contributed by atoms with Gasteiger partial charge in [-0.1, -0.05) is 19.9 Å². The Labute approximate surface area is 186 Å². The molecular formula is C20H30N6O4S. The molecule has 0 spiro atoms. The predicted molar refractivity (Wildman–Crippen MR) is 123 cm³/mol. The van der Waals surface area contributed by atoms with Gasteiger partial charge in [0, 0.05) is 30.2 Å². The van der Waals surface area contributed by atoms with Gasteiger partial charge in [-0.15, -0.1) is 0 Å². The molecule has 1 aliphatic heterocycles. The van der Waals surface area contributed by atoms with Crippen LogP contribution in [-0.2, 0) is 19.2 Å². The number of nitrogens with one attached hydrogen (secondary N) is 4. The maximum absolute atomic E-state index is 12.9.